The molecule has 0 aliphatic carbocycles. The first-order chi connectivity index (χ1) is 5.27. The van der Waals surface area contributed by atoms with E-state index in [-0.39, 0.29) is 5.56 Å². The molecule has 0 aromatic carbocycles. The molecule has 0 bridgehead atoms. The number of aromatic amines is 1. The van der Waals surface area contributed by atoms with Gasteiger partial charge in [0.2, 0.25) is 5.56 Å². The van der Waals surface area contributed by atoms with Gasteiger partial charge in [-0.1, -0.05) is 19.6 Å². The van der Waals surface area contributed by atoms with Gasteiger partial charge in [-0.15, -0.1) is 0 Å². The van der Waals surface area contributed by atoms with Gasteiger partial charge in [0.05, 0.1) is 0 Å². The maximum atomic E-state index is 10.8. The molecule has 1 N–H and O–H groups in total. The second kappa shape index (κ2) is 3.19. The van der Waals surface area contributed by atoms with Crippen molar-refractivity contribution < 1.29 is 0 Å². The molecule has 1 aromatic heterocycles. The van der Waals surface area contributed by atoms with Gasteiger partial charge in [-0.25, -0.2) is 0 Å². The predicted octanol–water partition coefficient (Wildman–Crippen LogP) is 1.58. The number of nitrogens with one attached hydrogen (secondary N) is 1. The van der Waals surface area contributed by atoms with E-state index in [0.717, 1.165) is 17.7 Å². The Hall–Kier alpha value is -1.31. The molecule has 0 spiro atoms. The van der Waals surface area contributed by atoms with Crippen molar-refractivity contribution in [2.45, 2.75) is 13.3 Å². The normalized spacial score (nSPS) is 9.55. The molecule has 1 rings (SSSR count). The van der Waals surface area contributed by atoms with Crippen molar-refractivity contribution in [1.82, 2.24) is 4.98 Å². The van der Waals surface area contributed by atoms with E-state index >= 15 is 0 Å². The Labute approximate surface area is 65.6 Å². The number of pyridine rings is 1. The van der Waals surface area contributed by atoms with E-state index in [1.165, 1.54) is 6.07 Å². The van der Waals surface area contributed by atoms with Crippen LogP contribution in [0.5, 0.6) is 0 Å². The highest BCUT2D eigenvalue weighted by atomic mass is 16.1. The highest BCUT2D eigenvalue weighted by molar-refractivity contribution is 5.49. The van der Waals surface area contributed by atoms with E-state index < -0.39 is 0 Å². The first-order valence-electron chi connectivity index (χ1n) is 3.62. The molecule has 2 heteroatoms. The molecule has 0 fully saturated rings. The Bertz CT molecular complexity index is 312. The molecule has 0 saturated heterocycles. The monoisotopic (exact) mass is 149 g/mol. The molecular weight excluding hydrogens is 138 g/mol. The Balaban J connectivity index is 3.27. The lowest BCUT2D eigenvalue weighted by atomic mass is 10.1. The second-order valence-electron chi connectivity index (χ2n) is 2.31. The van der Waals surface area contributed by atoms with Crippen LogP contribution in [0.2, 0.25) is 0 Å². The van der Waals surface area contributed by atoms with Crippen LogP contribution in [0.25, 0.3) is 6.08 Å². The van der Waals surface area contributed by atoms with Crippen molar-refractivity contribution in [2.75, 3.05) is 0 Å². The second-order valence-corrected chi connectivity index (χ2v) is 2.31. The maximum Gasteiger partial charge on any atom is 0.248 e. The summed E-state index contributed by atoms with van der Waals surface area (Å²) in [5, 5.41) is 0. The van der Waals surface area contributed by atoms with E-state index in [0.29, 0.717) is 0 Å². The quantitative estimate of drug-likeness (QED) is 0.680. The summed E-state index contributed by atoms with van der Waals surface area (Å²) in [6.07, 6.45) is 2.58. The number of aryl methyl sites for hydroxylation is 1. The topological polar surface area (TPSA) is 32.9 Å². The number of H-pyrrole nitrogens is 1. The fourth-order valence-corrected chi connectivity index (χ4v) is 1.01. The van der Waals surface area contributed by atoms with Crippen LogP contribution in [-0.2, 0) is 6.42 Å². The molecule has 0 aliphatic rings. The summed E-state index contributed by atoms with van der Waals surface area (Å²) in [5.41, 5.74) is 1.91. The minimum absolute atomic E-state index is 0.0487. The lowest BCUT2D eigenvalue weighted by molar-refractivity contribution is 1.01. The smallest absolute Gasteiger partial charge is 0.248 e. The number of hydrogen-bond donors (Lipinski definition) is 1. The van der Waals surface area contributed by atoms with Gasteiger partial charge in [-0.3, -0.25) is 4.79 Å². The first kappa shape index (κ1) is 7.79. The van der Waals surface area contributed by atoms with Crippen LogP contribution in [0.15, 0.2) is 23.5 Å². The van der Waals surface area contributed by atoms with Gasteiger partial charge in [-0.2, -0.15) is 0 Å². The molecule has 0 atom stereocenters. The Morgan fingerprint density at radius 1 is 1.64 bits per heavy atom. The predicted molar refractivity (Wildman–Crippen MR) is 46.5 cm³/mol. The molecule has 11 heavy (non-hydrogen) atoms. The molecule has 0 aliphatic heterocycles. The summed E-state index contributed by atoms with van der Waals surface area (Å²) >= 11 is 0. The minimum Gasteiger partial charge on any atom is -0.326 e. The molecule has 0 amide bonds. The molecule has 0 radical (unpaired) electrons. The standard InChI is InChI=1S/C9H11NO/c1-3-7-5-6-9(11)10-8(7)4-2/h3,5-6H,1,4H2,2H3,(H,10,11). The van der Waals surface area contributed by atoms with Gasteiger partial charge in [-0.05, 0) is 18.1 Å². The summed E-state index contributed by atoms with van der Waals surface area (Å²) in [6.45, 7) is 5.65. The lowest BCUT2D eigenvalue weighted by Crippen LogP contribution is -2.07. The lowest BCUT2D eigenvalue weighted by Gasteiger charge is -2.00. The number of aromatic nitrogens is 1. The number of hydrogen-bond acceptors (Lipinski definition) is 1. The van der Waals surface area contributed by atoms with E-state index in [2.05, 4.69) is 11.6 Å². The molecule has 0 unspecified atom stereocenters. The van der Waals surface area contributed by atoms with Gasteiger partial charge >= 0.3 is 0 Å². The third kappa shape index (κ3) is 1.58. The zero-order valence-electron chi connectivity index (χ0n) is 6.55. The van der Waals surface area contributed by atoms with Crippen LogP contribution < -0.4 is 5.56 Å². The van der Waals surface area contributed by atoms with Crippen molar-refractivity contribution in [1.29, 1.82) is 0 Å². The molecule has 2 nitrogen and oxygen atoms in total. The fourth-order valence-electron chi connectivity index (χ4n) is 1.01. The largest absolute Gasteiger partial charge is 0.326 e. The SMILES string of the molecule is C=Cc1ccc(=O)[nH]c1CC. The summed E-state index contributed by atoms with van der Waals surface area (Å²) in [5.74, 6) is 0. The average Bonchev–Trinajstić information content (AvgIpc) is 2.04. The Kier molecular flexibility index (Phi) is 2.26. The summed E-state index contributed by atoms with van der Waals surface area (Å²) < 4.78 is 0. The van der Waals surface area contributed by atoms with Gasteiger partial charge in [0.15, 0.2) is 0 Å². The van der Waals surface area contributed by atoms with Gasteiger partial charge in [0, 0.05) is 11.8 Å². The van der Waals surface area contributed by atoms with Gasteiger partial charge in [0.1, 0.15) is 0 Å². The summed E-state index contributed by atoms with van der Waals surface area (Å²) in [6, 6.07) is 3.29. The van der Waals surface area contributed by atoms with Crippen LogP contribution in [0.4, 0.5) is 0 Å². The van der Waals surface area contributed by atoms with Crippen LogP contribution in [-0.4, -0.2) is 4.98 Å². The van der Waals surface area contributed by atoms with Gasteiger partial charge < -0.3 is 4.98 Å². The van der Waals surface area contributed by atoms with Crippen molar-refractivity contribution >= 4 is 6.08 Å². The van der Waals surface area contributed by atoms with Crippen LogP contribution in [0.3, 0.4) is 0 Å². The summed E-state index contributed by atoms with van der Waals surface area (Å²) in [4.78, 5) is 13.6. The van der Waals surface area contributed by atoms with E-state index in [1.54, 1.807) is 12.1 Å². The molecule has 1 heterocycles. The summed E-state index contributed by atoms with van der Waals surface area (Å²) in [7, 11) is 0. The van der Waals surface area contributed by atoms with Crippen molar-refractivity contribution in [2.24, 2.45) is 0 Å². The Morgan fingerprint density at radius 2 is 2.36 bits per heavy atom. The van der Waals surface area contributed by atoms with E-state index in [9.17, 15) is 4.79 Å². The fraction of sp³-hybridized carbons (Fsp3) is 0.222. The van der Waals surface area contributed by atoms with Gasteiger partial charge in [0.25, 0.3) is 0 Å². The maximum absolute atomic E-state index is 10.8. The number of rotatable bonds is 2. The Morgan fingerprint density at radius 3 is 2.91 bits per heavy atom. The molecule has 0 saturated carbocycles. The minimum atomic E-state index is -0.0487. The van der Waals surface area contributed by atoms with Crippen LogP contribution >= 0.6 is 0 Å². The van der Waals surface area contributed by atoms with Crippen molar-refractivity contribution in [3.8, 4) is 0 Å². The third-order valence-electron chi connectivity index (χ3n) is 1.61. The van der Waals surface area contributed by atoms with Crippen LogP contribution in [0.1, 0.15) is 18.2 Å². The van der Waals surface area contributed by atoms with E-state index in [1.807, 2.05) is 6.92 Å². The zero-order valence-corrected chi connectivity index (χ0v) is 6.55. The molecule has 1 aromatic rings. The third-order valence-corrected chi connectivity index (χ3v) is 1.61. The first-order valence-corrected chi connectivity index (χ1v) is 3.62. The van der Waals surface area contributed by atoms with Crippen molar-refractivity contribution in [3.63, 3.8) is 0 Å². The molecule has 58 valence electrons. The van der Waals surface area contributed by atoms with Crippen LogP contribution in [0, 0.1) is 0 Å². The average molecular weight is 149 g/mol. The highest BCUT2D eigenvalue weighted by Crippen LogP contribution is 2.04. The molecular formula is C9H11NO. The zero-order chi connectivity index (χ0) is 8.27. The van der Waals surface area contributed by atoms with E-state index in [4.69, 9.17) is 0 Å². The van der Waals surface area contributed by atoms with Crippen molar-refractivity contribution in [3.05, 3.63) is 40.3 Å². The highest BCUT2D eigenvalue weighted by Gasteiger charge is 1.95.